The van der Waals surface area contributed by atoms with Crippen molar-refractivity contribution in [2.45, 2.75) is 52.4 Å². The fourth-order valence-electron chi connectivity index (χ4n) is 10.9. The van der Waals surface area contributed by atoms with Crippen LogP contribution >= 0.6 is 0 Å². The first kappa shape index (κ1) is 41.8. The largest absolute Gasteiger partial charge is 0.454 e. The van der Waals surface area contributed by atoms with E-state index in [1.54, 1.807) is 0 Å². The van der Waals surface area contributed by atoms with Gasteiger partial charge in [0.25, 0.3) is 0 Å². The highest BCUT2D eigenvalue weighted by Crippen LogP contribution is 2.48. The Labute approximate surface area is 407 Å². The van der Waals surface area contributed by atoms with Gasteiger partial charge in [-0.15, -0.1) is 0 Å². The monoisotopic (exact) mass is 904 g/mol. The molecule has 4 nitrogen and oxygen atoms in total. The van der Waals surface area contributed by atoms with Crippen LogP contribution in [0.25, 0.3) is 87.0 Å². The number of hydrogen-bond acceptors (Lipinski definition) is 4. The van der Waals surface area contributed by atoms with Crippen LogP contribution in [0.4, 0.5) is 34.1 Å². The molecule has 0 saturated heterocycles. The molecule has 0 atom stereocenters. The number of nitrogens with zero attached hydrogens (tertiary/aromatic N) is 2. The van der Waals surface area contributed by atoms with Gasteiger partial charge in [0.05, 0.1) is 11.4 Å². The molecule has 70 heavy (non-hydrogen) atoms. The van der Waals surface area contributed by atoms with Gasteiger partial charge in [0, 0.05) is 44.3 Å². The molecule has 11 aromatic carbocycles. The van der Waals surface area contributed by atoms with Gasteiger partial charge in [-0.3, -0.25) is 0 Å². The fourth-order valence-corrected chi connectivity index (χ4v) is 10.9. The molecule has 2 aromatic heterocycles. The second kappa shape index (κ2) is 15.6. The van der Waals surface area contributed by atoms with Gasteiger partial charge in [0.2, 0.25) is 0 Å². The molecule has 0 radical (unpaired) electrons. The topological polar surface area (TPSA) is 32.8 Å². The van der Waals surface area contributed by atoms with E-state index in [1.165, 1.54) is 54.2 Å². The van der Waals surface area contributed by atoms with Crippen molar-refractivity contribution in [3.05, 3.63) is 217 Å². The number of rotatable bonds is 6. The Morgan fingerprint density at radius 3 is 1.23 bits per heavy atom. The van der Waals surface area contributed by atoms with Crippen molar-refractivity contribution in [1.82, 2.24) is 0 Å². The summed E-state index contributed by atoms with van der Waals surface area (Å²) in [5.74, 6) is 0. The molecule has 0 spiro atoms. The number of fused-ring (bicyclic) bond motifs is 14. The smallest absolute Gasteiger partial charge is 0.159 e. The Bertz CT molecular complexity index is 4170. The minimum Gasteiger partial charge on any atom is -0.454 e. The van der Waals surface area contributed by atoms with E-state index in [1.807, 2.05) is 12.1 Å². The van der Waals surface area contributed by atoms with Crippen LogP contribution in [0.1, 0.15) is 52.7 Å². The average molecular weight is 905 g/mol. The number of para-hydroxylation sites is 4. The van der Waals surface area contributed by atoms with E-state index < -0.39 is 0 Å². The number of furan rings is 2. The van der Waals surface area contributed by atoms with Crippen molar-refractivity contribution >= 4 is 121 Å². The second-order valence-corrected chi connectivity index (χ2v) is 20.9. The molecular formula is C66H52N2O2. The van der Waals surface area contributed by atoms with Gasteiger partial charge in [-0.05, 0) is 138 Å². The van der Waals surface area contributed by atoms with E-state index in [-0.39, 0.29) is 10.8 Å². The quantitative estimate of drug-likeness (QED) is 0.156. The number of anilines is 6. The van der Waals surface area contributed by atoms with Crippen LogP contribution in [0.3, 0.4) is 0 Å². The van der Waals surface area contributed by atoms with Crippen molar-refractivity contribution in [1.29, 1.82) is 0 Å². The van der Waals surface area contributed by atoms with Crippen LogP contribution in [0.5, 0.6) is 0 Å². The maximum Gasteiger partial charge on any atom is 0.159 e. The molecule has 0 saturated carbocycles. The van der Waals surface area contributed by atoms with Crippen LogP contribution < -0.4 is 9.80 Å². The summed E-state index contributed by atoms with van der Waals surface area (Å²) in [6.07, 6.45) is 0. The van der Waals surface area contributed by atoms with E-state index >= 15 is 0 Å². The maximum atomic E-state index is 6.71. The molecule has 13 rings (SSSR count). The van der Waals surface area contributed by atoms with E-state index in [9.17, 15) is 0 Å². The first-order chi connectivity index (χ1) is 34.0. The first-order valence-corrected chi connectivity index (χ1v) is 24.4. The molecule has 338 valence electrons. The Hall–Kier alpha value is -8.34. The van der Waals surface area contributed by atoms with Gasteiger partial charge in [-0.2, -0.15) is 0 Å². The molecule has 0 bridgehead atoms. The van der Waals surface area contributed by atoms with Crippen molar-refractivity contribution in [3.8, 4) is 0 Å². The van der Waals surface area contributed by atoms with Crippen molar-refractivity contribution in [2.24, 2.45) is 0 Å². The van der Waals surface area contributed by atoms with Gasteiger partial charge < -0.3 is 18.6 Å². The maximum absolute atomic E-state index is 6.71. The normalized spacial score (nSPS) is 12.4. The lowest BCUT2D eigenvalue weighted by Crippen LogP contribution is -2.13. The van der Waals surface area contributed by atoms with Crippen LogP contribution in [0.15, 0.2) is 215 Å². The Kier molecular flexibility index (Phi) is 9.32. The van der Waals surface area contributed by atoms with Crippen LogP contribution in [0, 0.1) is 0 Å². The third-order valence-corrected chi connectivity index (χ3v) is 14.5. The first-order valence-electron chi connectivity index (χ1n) is 24.4. The summed E-state index contributed by atoms with van der Waals surface area (Å²) < 4.78 is 13.4. The van der Waals surface area contributed by atoms with E-state index in [0.29, 0.717) is 0 Å². The molecule has 4 heteroatoms. The lowest BCUT2D eigenvalue weighted by molar-refractivity contribution is 0.590. The molecule has 0 amide bonds. The Morgan fingerprint density at radius 2 is 0.700 bits per heavy atom. The summed E-state index contributed by atoms with van der Waals surface area (Å²) in [5, 5.41) is 14.1. The zero-order chi connectivity index (χ0) is 47.5. The molecule has 0 N–H and O–H groups in total. The number of benzene rings is 11. The highest BCUT2D eigenvalue weighted by atomic mass is 16.3. The molecule has 0 fully saturated rings. The number of hydrogen-bond donors (Lipinski definition) is 0. The van der Waals surface area contributed by atoms with Crippen LogP contribution in [0.2, 0.25) is 0 Å². The minimum atomic E-state index is 0.0264. The predicted molar refractivity (Wildman–Crippen MR) is 298 cm³/mol. The summed E-state index contributed by atoms with van der Waals surface area (Å²) >= 11 is 0. The SMILES string of the molecule is CC(C)(C)c1ccc(N(c2ccc3c(ccc4c5ccc(N(c6ccc(C(C)(C)C)cc6)c6cccc7c6oc6ccccc67)cc5c5ccccc5c34)c2)c2cccc3c2oc2ccccc23)cc1. The highest BCUT2D eigenvalue weighted by molar-refractivity contribution is 6.32. The predicted octanol–water partition coefficient (Wildman–Crippen LogP) is 19.6. The van der Waals surface area contributed by atoms with Crippen molar-refractivity contribution in [2.75, 3.05) is 9.80 Å². The third-order valence-electron chi connectivity index (χ3n) is 14.5. The van der Waals surface area contributed by atoms with E-state index in [2.05, 4.69) is 245 Å². The van der Waals surface area contributed by atoms with Gasteiger partial charge in [0.1, 0.15) is 11.2 Å². The average Bonchev–Trinajstić information content (AvgIpc) is 3.96. The van der Waals surface area contributed by atoms with Gasteiger partial charge in [0.15, 0.2) is 11.2 Å². The lowest BCUT2D eigenvalue weighted by Gasteiger charge is -2.28. The summed E-state index contributed by atoms with van der Waals surface area (Å²) in [7, 11) is 0. The molecule has 0 unspecified atom stereocenters. The molecule has 0 aliphatic rings. The van der Waals surface area contributed by atoms with E-state index in [0.717, 1.165) is 78.0 Å². The molecule has 0 aliphatic carbocycles. The third kappa shape index (κ3) is 6.65. The minimum absolute atomic E-state index is 0.0264. The summed E-state index contributed by atoms with van der Waals surface area (Å²) in [5.41, 5.74) is 12.4. The Morgan fingerprint density at radius 1 is 0.300 bits per heavy atom. The van der Waals surface area contributed by atoms with Crippen molar-refractivity contribution < 1.29 is 8.83 Å². The van der Waals surface area contributed by atoms with Crippen LogP contribution in [-0.2, 0) is 10.8 Å². The molecule has 2 heterocycles. The Balaban J connectivity index is 0.999. The zero-order valence-electron chi connectivity index (χ0n) is 40.3. The molecular weight excluding hydrogens is 853 g/mol. The summed E-state index contributed by atoms with van der Waals surface area (Å²) in [6.45, 7) is 13.6. The van der Waals surface area contributed by atoms with E-state index in [4.69, 9.17) is 8.83 Å². The second-order valence-electron chi connectivity index (χ2n) is 20.9. The zero-order valence-corrected chi connectivity index (χ0v) is 40.3. The fraction of sp³-hybridized carbons (Fsp3) is 0.121. The van der Waals surface area contributed by atoms with Gasteiger partial charge in [-0.1, -0.05) is 175 Å². The lowest BCUT2D eigenvalue weighted by atomic mass is 9.87. The highest BCUT2D eigenvalue weighted by Gasteiger charge is 2.24. The van der Waals surface area contributed by atoms with Gasteiger partial charge >= 0.3 is 0 Å². The van der Waals surface area contributed by atoms with Crippen molar-refractivity contribution in [3.63, 3.8) is 0 Å². The standard InChI is InChI=1S/C66H52N2O2/c1-65(2,3)42-26-30-44(31-27-42)67(58-21-13-19-55-51-16-9-11-23-60(51)69-63(55)58)46-34-37-48-41(39-46)25-36-54-50-38-35-47(40-57(50)49-15-7-8-18-53(49)62(48)54)68(45-32-28-43(29-33-45)66(4,5)6)59-22-14-20-56-52-17-10-12-24-61(52)70-64(56)59/h7-40H,1-6H3. The summed E-state index contributed by atoms with van der Waals surface area (Å²) in [4.78, 5) is 4.72. The van der Waals surface area contributed by atoms with Gasteiger partial charge in [-0.25, -0.2) is 0 Å². The molecule has 0 aliphatic heterocycles. The molecule has 13 aromatic rings. The summed E-state index contributed by atoms with van der Waals surface area (Å²) in [6, 6.07) is 75.2. The van der Waals surface area contributed by atoms with Crippen LogP contribution in [-0.4, -0.2) is 0 Å².